The Kier molecular flexibility index (Phi) is 2.14. The molecule has 4 N–H and O–H groups in total. The molecule has 0 aliphatic heterocycles. The molecule has 68 valence electrons. The molecule has 0 spiro atoms. The van der Waals surface area contributed by atoms with Gasteiger partial charge in [-0.3, -0.25) is 9.59 Å². The van der Waals surface area contributed by atoms with Crippen molar-refractivity contribution in [1.82, 2.24) is 0 Å². The Morgan fingerprint density at radius 3 is 2.23 bits per heavy atom. The summed E-state index contributed by atoms with van der Waals surface area (Å²) >= 11 is 0. The zero-order chi connectivity index (χ0) is 10.0. The van der Waals surface area contributed by atoms with E-state index in [2.05, 4.69) is 4.42 Å². The molecule has 6 nitrogen and oxygen atoms in total. The minimum atomic E-state index is -1.04. The van der Waals surface area contributed by atoms with Crippen molar-refractivity contribution in [1.29, 1.82) is 0 Å². The van der Waals surface area contributed by atoms with Crippen LogP contribution in [-0.4, -0.2) is 11.8 Å². The van der Waals surface area contributed by atoms with Gasteiger partial charge in [0.05, 0.1) is 11.8 Å². The van der Waals surface area contributed by atoms with E-state index in [9.17, 15) is 14.4 Å². The van der Waals surface area contributed by atoms with Gasteiger partial charge in [0.15, 0.2) is 0 Å². The Morgan fingerprint density at radius 2 is 1.85 bits per heavy atom. The first-order chi connectivity index (χ1) is 6.04. The molecule has 6 heteroatoms. The Hall–Kier alpha value is -2.11. The fourth-order valence-corrected chi connectivity index (χ4v) is 0.855. The number of hydrogen-bond donors (Lipinski definition) is 2. The maximum atomic E-state index is 10.9. The molecule has 0 aliphatic carbocycles. The van der Waals surface area contributed by atoms with E-state index in [1.807, 2.05) is 0 Å². The number of carbonyl (C=O) groups excluding carboxylic acids is 2. The van der Waals surface area contributed by atoms with Crippen LogP contribution < -0.4 is 17.1 Å². The molecular formula is C7H6N2O4. The average Bonchev–Trinajstić information content (AvgIpc) is 2.02. The first-order valence-corrected chi connectivity index (χ1v) is 3.25. The predicted octanol–water partition coefficient (Wildman–Crippen LogP) is -1.16. The largest absolute Gasteiger partial charge is 0.431 e. The van der Waals surface area contributed by atoms with Crippen molar-refractivity contribution in [2.75, 3.05) is 0 Å². The number of amides is 2. The fourth-order valence-electron chi connectivity index (χ4n) is 0.855. The quantitative estimate of drug-likeness (QED) is 0.599. The summed E-state index contributed by atoms with van der Waals surface area (Å²) in [7, 11) is 0. The highest BCUT2D eigenvalue weighted by molar-refractivity contribution is 6.05. The Labute approximate surface area is 72.1 Å². The highest BCUT2D eigenvalue weighted by Gasteiger charge is 2.17. The first kappa shape index (κ1) is 8.98. The van der Waals surface area contributed by atoms with Crippen LogP contribution in [0.3, 0.4) is 0 Å². The van der Waals surface area contributed by atoms with E-state index in [4.69, 9.17) is 11.5 Å². The summed E-state index contributed by atoms with van der Waals surface area (Å²) in [6, 6.07) is 1.11. The van der Waals surface area contributed by atoms with Gasteiger partial charge in [0, 0.05) is 0 Å². The van der Waals surface area contributed by atoms with Crippen LogP contribution in [0.4, 0.5) is 0 Å². The molecule has 0 fully saturated rings. The molecule has 0 radical (unpaired) electrons. The monoisotopic (exact) mass is 182 g/mol. The highest BCUT2D eigenvalue weighted by atomic mass is 16.4. The van der Waals surface area contributed by atoms with Crippen molar-refractivity contribution < 1.29 is 14.0 Å². The van der Waals surface area contributed by atoms with Crippen molar-refractivity contribution in [2.24, 2.45) is 11.5 Å². The zero-order valence-corrected chi connectivity index (χ0v) is 6.44. The van der Waals surface area contributed by atoms with Crippen LogP contribution in [0, 0.1) is 0 Å². The van der Waals surface area contributed by atoms with Crippen LogP contribution in [0.15, 0.2) is 21.5 Å². The van der Waals surface area contributed by atoms with E-state index < -0.39 is 23.0 Å². The lowest BCUT2D eigenvalue weighted by molar-refractivity contribution is 0.0963. The van der Waals surface area contributed by atoms with E-state index in [-0.39, 0.29) is 5.56 Å². The Balaban J connectivity index is 3.52. The third kappa shape index (κ3) is 1.56. The Morgan fingerprint density at radius 1 is 1.23 bits per heavy atom. The molecule has 0 aromatic carbocycles. The van der Waals surface area contributed by atoms with Crippen molar-refractivity contribution in [3.8, 4) is 0 Å². The predicted molar refractivity (Wildman–Crippen MR) is 42.0 cm³/mol. The standard InChI is InChI=1S/C7H6N2O4/c8-5(10)3-1-2-13-7(12)4(3)6(9)11/h1-2H,(H2,8,10)(H2,9,11). The molecule has 1 heterocycles. The summed E-state index contributed by atoms with van der Waals surface area (Å²) in [5.41, 5.74) is 8.02. The molecule has 0 unspecified atom stereocenters. The molecule has 0 aliphatic rings. The average molecular weight is 182 g/mol. The summed E-state index contributed by atoms with van der Waals surface area (Å²) in [5, 5.41) is 0. The zero-order valence-electron chi connectivity index (χ0n) is 6.44. The molecule has 2 amide bonds. The molecule has 1 rings (SSSR count). The SMILES string of the molecule is NC(=O)c1ccoc(=O)c1C(N)=O. The maximum Gasteiger partial charge on any atom is 0.349 e. The normalized spacial score (nSPS) is 9.54. The summed E-state index contributed by atoms with van der Waals surface area (Å²) in [5.74, 6) is -1.94. The summed E-state index contributed by atoms with van der Waals surface area (Å²) in [6.07, 6.45) is 0.967. The number of nitrogens with two attached hydrogens (primary N) is 2. The lowest BCUT2D eigenvalue weighted by Crippen LogP contribution is -2.27. The van der Waals surface area contributed by atoms with Crippen molar-refractivity contribution in [3.63, 3.8) is 0 Å². The van der Waals surface area contributed by atoms with Gasteiger partial charge in [0.25, 0.3) is 5.91 Å². The van der Waals surface area contributed by atoms with Crippen LogP contribution in [0.5, 0.6) is 0 Å². The molecule has 0 saturated heterocycles. The van der Waals surface area contributed by atoms with Gasteiger partial charge >= 0.3 is 5.63 Å². The molecular weight excluding hydrogens is 176 g/mol. The van der Waals surface area contributed by atoms with E-state index in [1.54, 1.807) is 0 Å². The van der Waals surface area contributed by atoms with Gasteiger partial charge in [-0.15, -0.1) is 0 Å². The van der Waals surface area contributed by atoms with Gasteiger partial charge in [-0.05, 0) is 6.07 Å². The summed E-state index contributed by atoms with van der Waals surface area (Å²) < 4.78 is 4.35. The minimum absolute atomic E-state index is 0.233. The van der Waals surface area contributed by atoms with Crippen molar-refractivity contribution in [3.05, 3.63) is 33.9 Å². The summed E-state index contributed by atoms with van der Waals surface area (Å²) in [6.45, 7) is 0. The maximum absolute atomic E-state index is 10.9. The van der Waals surface area contributed by atoms with Gasteiger partial charge in [-0.2, -0.15) is 0 Å². The second-order valence-corrected chi connectivity index (χ2v) is 2.23. The van der Waals surface area contributed by atoms with Crippen LogP contribution in [0.1, 0.15) is 20.7 Å². The smallest absolute Gasteiger partial charge is 0.349 e. The van der Waals surface area contributed by atoms with Crippen molar-refractivity contribution in [2.45, 2.75) is 0 Å². The van der Waals surface area contributed by atoms with Crippen LogP contribution in [0.2, 0.25) is 0 Å². The fraction of sp³-hybridized carbons (Fsp3) is 0. The van der Waals surface area contributed by atoms with Gasteiger partial charge in [0.2, 0.25) is 5.91 Å². The first-order valence-electron chi connectivity index (χ1n) is 3.25. The molecule has 1 aromatic rings. The van der Waals surface area contributed by atoms with E-state index in [1.165, 1.54) is 0 Å². The molecule has 0 atom stereocenters. The molecule has 0 bridgehead atoms. The number of carbonyl (C=O) groups is 2. The molecule has 13 heavy (non-hydrogen) atoms. The van der Waals surface area contributed by atoms with Crippen LogP contribution in [-0.2, 0) is 0 Å². The van der Waals surface area contributed by atoms with Gasteiger partial charge in [-0.1, -0.05) is 0 Å². The van der Waals surface area contributed by atoms with Gasteiger partial charge < -0.3 is 15.9 Å². The molecule has 0 saturated carbocycles. The van der Waals surface area contributed by atoms with Crippen LogP contribution in [0.25, 0.3) is 0 Å². The number of rotatable bonds is 2. The lowest BCUT2D eigenvalue weighted by Gasteiger charge is -1.98. The van der Waals surface area contributed by atoms with Gasteiger partial charge in [0.1, 0.15) is 5.56 Å². The molecule has 1 aromatic heterocycles. The van der Waals surface area contributed by atoms with E-state index in [0.717, 1.165) is 12.3 Å². The van der Waals surface area contributed by atoms with E-state index in [0.29, 0.717) is 0 Å². The second kappa shape index (κ2) is 3.10. The van der Waals surface area contributed by atoms with Gasteiger partial charge in [-0.25, -0.2) is 4.79 Å². The third-order valence-corrected chi connectivity index (χ3v) is 1.40. The Bertz CT molecular complexity index is 421. The summed E-state index contributed by atoms with van der Waals surface area (Å²) in [4.78, 5) is 32.3. The van der Waals surface area contributed by atoms with Crippen LogP contribution >= 0.6 is 0 Å². The number of hydrogen-bond acceptors (Lipinski definition) is 4. The minimum Gasteiger partial charge on any atom is -0.431 e. The second-order valence-electron chi connectivity index (χ2n) is 2.23. The van der Waals surface area contributed by atoms with E-state index >= 15 is 0 Å². The van der Waals surface area contributed by atoms with Crippen molar-refractivity contribution >= 4 is 11.8 Å². The third-order valence-electron chi connectivity index (χ3n) is 1.40. The highest BCUT2D eigenvalue weighted by Crippen LogP contribution is 2.01. The number of primary amides is 2. The lowest BCUT2D eigenvalue weighted by atomic mass is 10.1. The topological polar surface area (TPSA) is 116 Å².